The molecule has 0 aliphatic heterocycles. The molecule has 0 aliphatic carbocycles. The zero-order valence-electron chi connectivity index (χ0n) is 16.6. The van der Waals surface area contributed by atoms with Crippen LogP contribution < -0.4 is 15.4 Å². The van der Waals surface area contributed by atoms with Crippen molar-refractivity contribution in [2.24, 2.45) is 0 Å². The number of thiazole rings is 1. The van der Waals surface area contributed by atoms with Crippen molar-refractivity contribution < 1.29 is 31.2 Å². The van der Waals surface area contributed by atoms with Crippen molar-refractivity contribution >= 4 is 38.3 Å². The van der Waals surface area contributed by atoms with Gasteiger partial charge in [-0.3, -0.25) is 9.59 Å². The molecule has 2 heterocycles. The predicted octanol–water partition coefficient (Wildman–Crippen LogP) is 2.62. The van der Waals surface area contributed by atoms with Gasteiger partial charge in [0.2, 0.25) is 21.8 Å². The summed E-state index contributed by atoms with van der Waals surface area (Å²) in [4.78, 5) is 26.8. The van der Waals surface area contributed by atoms with Gasteiger partial charge in [-0.05, 0) is 30.3 Å². The molecule has 0 atom stereocenters. The van der Waals surface area contributed by atoms with Gasteiger partial charge >= 0.3 is 0 Å². The van der Waals surface area contributed by atoms with Gasteiger partial charge in [-0.2, -0.15) is 0 Å². The van der Waals surface area contributed by atoms with Crippen LogP contribution in [0.3, 0.4) is 0 Å². The molecule has 3 aromatic rings. The van der Waals surface area contributed by atoms with Crippen LogP contribution in [0.15, 0.2) is 45.0 Å². The highest BCUT2D eigenvalue weighted by Crippen LogP contribution is 2.26. The Balaban J connectivity index is 1.51. The third kappa shape index (κ3) is 6.18. The van der Waals surface area contributed by atoms with E-state index in [1.165, 1.54) is 6.92 Å². The number of amides is 2. The average molecular weight is 485 g/mol. The number of benzene rings is 1. The fourth-order valence-electron chi connectivity index (χ4n) is 2.47. The Morgan fingerprint density at radius 2 is 1.94 bits per heavy atom. The lowest BCUT2D eigenvalue weighted by molar-refractivity contribution is -0.119. The molecule has 1 aromatic carbocycles. The minimum atomic E-state index is -4.10. The molecule has 0 saturated heterocycles. The van der Waals surface area contributed by atoms with Gasteiger partial charge in [0.1, 0.15) is 11.5 Å². The first kappa shape index (κ1) is 23.5. The van der Waals surface area contributed by atoms with Gasteiger partial charge in [-0.1, -0.05) is 0 Å². The minimum Gasteiger partial charge on any atom is -0.458 e. The van der Waals surface area contributed by atoms with E-state index in [9.17, 15) is 26.8 Å². The number of rotatable bonds is 9. The highest BCUT2D eigenvalue weighted by atomic mass is 32.2. The van der Waals surface area contributed by atoms with Crippen LogP contribution in [0.4, 0.5) is 13.9 Å². The van der Waals surface area contributed by atoms with Gasteiger partial charge in [0.05, 0.1) is 11.4 Å². The van der Waals surface area contributed by atoms with E-state index in [1.54, 1.807) is 17.5 Å². The molecule has 170 valence electrons. The molecular weight excluding hydrogens is 466 g/mol. The van der Waals surface area contributed by atoms with Crippen LogP contribution in [0.1, 0.15) is 19.1 Å². The molecule has 0 aliphatic rings. The molecule has 2 aromatic heterocycles. The number of carbonyl (C=O) groups is 2. The van der Waals surface area contributed by atoms with Gasteiger partial charge in [0.15, 0.2) is 22.5 Å². The Morgan fingerprint density at radius 1 is 1.16 bits per heavy atom. The summed E-state index contributed by atoms with van der Waals surface area (Å²) >= 11 is 1.15. The lowest BCUT2D eigenvalue weighted by Crippen LogP contribution is -2.28. The lowest BCUT2D eigenvalue weighted by Gasteiger charge is -2.07. The van der Waals surface area contributed by atoms with E-state index in [0.29, 0.717) is 29.3 Å². The zero-order valence-corrected chi connectivity index (χ0v) is 18.3. The summed E-state index contributed by atoms with van der Waals surface area (Å²) in [5.41, 5.74) is 0.485. The summed E-state index contributed by atoms with van der Waals surface area (Å²) in [6.45, 7) is 1.38. The summed E-state index contributed by atoms with van der Waals surface area (Å²) < 4.78 is 58.1. The number of furan rings is 1. The van der Waals surface area contributed by atoms with Crippen LogP contribution in [0.25, 0.3) is 11.5 Å². The van der Waals surface area contributed by atoms with E-state index >= 15 is 0 Å². The average Bonchev–Trinajstić information content (AvgIpc) is 3.37. The SMILES string of the molecule is CC(=O)NCc1ccc(-c2csc(NC(=O)CCNS(=O)(=O)c3ccc(F)c(F)c3)n2)o1. The minimum absolute atomic E-state index is 0.186. The van der Waals surface area contributed by atoms with Crippen LogP contribution in [0, 0.1) is 11.6 Å². The van der Waals surface area contributed by atoms with E-state index in [4.69, 9.17) is 4.42 Å². The second kappa shape index (κ2) is 9.97. The zero-order chi connectivity index (χ0) is 23.3. The highest BCUT2D eigenvalue weighted by molar-refractivity contribution is 7.89. The smallest absolute Gasteiger partial charge is 0.240 e. The Hall–Kier alpha value is -3.16. The van der Waals surface area contributed by atoms with Gasteiger partial charge in [0.25, 0.3) is 0 Å². The van der Waals surface area contributed by atoms with Crippen molar-refractivity contribution in [1.82, 2.24) is 15.0 Å². The normalized spacial score (nSPS) is 11.3. The van der Waals surface area contributed by atoms with E-state index < -0.39 is 32.5 Å². The molecule has 3 N–H and O–H groups in total. The topological polar surface area (TPSA) is 130 Å². The first-order valence-corrected chi connectivity index (χ1v) is 11.5. The van der Waals surface area contributed by atoms with Crippen LogP contribution >= 0.6 is 11.3 Å². The molecule has 3 rings (SSSR count). The molecule has 2 amide bonds. The van der Waals surface area contributed by atoms with Gasteiger partial charge < -0.3 is 15.1 Å². The Kier molecular flexibility index (Phi) is 7.33. The fraction of sp³-hybridized carbons (Fsp3) is 0.211. The maximum atomic E-state index is 13.2. The maximum absolute atomic E-state index is 13.2. The second-order valence-electron chi connectivity index (χ2n) is 6.49. The summed E-state index contributed by atoms with van der Waals surface area (Å²) in [5.74, 6) is -2.13. The van der Waals surface area contributed by atoms with Crippen LogP contribution in [-0.2, 0) is 26.2 Å². The van der Waals surface area contributed by atoms with Crippen molar-refractivity contribution in [1.29, 1.82) is 0 Å². The standard InChI is InChI=1S/C19H18F2N4O5S2/c1-11(26)22-9-12-2-5-17(30-12)16-10-31-19(24-16)25-18(27)6-7-23-32(28,29)13-3-4-14(20)15(21)8-13/h2-5,8,10,23H,6-7,9H2,1H3,(H,22,26)(H,24,25,27). The number of hydrogen-bond acceptors (Lipinski definition) is 7. The Bertz CT molecular complexity index is 1240. The molecule has 0 unspecified atom stereocenters. The summed E-state index contributed by atoms with van der Waals surface area (Å²) in [6.07, 6.45) is -0.209. The number of carbonyl (C=O) groups excluding carboxylic acids is 2. The monoisotopic (exact) mass is 484 g/mol. The van der Waals surface area contributed by atoms with Crippen molar-refractivity contribution in [2.45, 2.75) is 24.8 Å². The summed E-state index contributed by atoms with van der Waals surface area (Å²) in [7, 11) is -4.10. The quantitative estimate of drug-likeness (QED) is 0.428. The van der Waals surface area contributed by atoms with E-state index in [2.05, 4.69) is 20.3 Å². The van der Waals surface area contributed by atoms with E-state index in [-0.39, 0.29) is 30.5 Å². The number of hydrogen-bond donors (Lipinski definition) is 3. The van der Waals surface area contributed by atoms with E-state index in [1.807, 2.05) is 0 Å². The van der Waals surface area contributed by atoms with E-state index in [0.717, 1.165) is 17.4 Å². The van der Waals surface area contributed by atoms with Crippen molar-refractivity contribution in [2.75, 3.05) is 11.9 Å². The first-order chi connectivity index (χ1) is 15.1. The molecule has 0 spiro atoms. The molecule has 9 nitrogen and oxygen atoms in total. The Morgan fingerprint density at radius 3 is 2.66 bits per heavy atom. The molecule has 0 saturated carbocycles. The van der Waals surface area contributed by atoms with Crippen LogP contribution in [0.2, 0.25) is 0 Å². The molecule has 13 heteroatoms. The van der Waals surface area contributed by atoms with Crippen LogP contribution in [0.5, 0.6) is 0 Å². The third-order valence-electron chi connectivity index (χ3n) is 4.02. The van der Waals surface area contributed by atoms with Crippen molar-refractivity contribution in [3.63, 3.8) is 0 Å². The molecule has 0 bridgehead atoms. The molecular formula is C19H18F2N4O5S2. The van der Waals surface area contributed by atoms with Gasteiger partial charge in [-0.25, -0.2) is 26.9 Å². The first-order valence-electron chi connectivity index (χ1n) is 9.17. The van der Waals surface area contributed by atoms with Crippen molar-refractivity contribution in [3.05, 3.63) is 53.1 Å². The number of anilines is 1. The second-order valence-corrected chi connectivity index (χ2v) is 9.11. The summed E-state index contributed by atoms with van der Waals surface area (Å²) in [6, 6.07) is 5.57. The fourth-order valence-corrected chi connectivity index (χ4v) is 4.23. The van der Waals surface area contributed by atoms with Gasteiger partial charge in [-0.15, -0.1) is 11.3 Å². The summed E-state index contributed by atoms with van der Waals surface area (Å²) in [5, 5.41) is 7.11. The lowest BCUT2D eigenvalue weighted by atomic mass is 10.3. The largest absolute Gasteiger partial charge is 0.458 e. The molecule has 0 radical (unpaired) electrons. The number of nitrogens with one attached hydrogen (secondary N) is 3. The number of sulfonamides is 1. The Labute approximate surface area is 185 Å². The van der Waals surface area contributed by atoms with Crippen LogP contribution in [-0.4, -0.2) is 31.8 Å². The number of nitrogens with zero attached hydrogens (tertiary/aromatic N) is 1. The molecule has 0 fully saturated rings. The van der Waals surface area contributed by atoms with Gasteiger partial charge in [0, 0.05) is 25.3 Å². The third-order valence-corrected chi connectivity index (χ3v) is 6.24. The molecule has 32 heavy (non-hydrogen) atoms. The number of aromatic nitrogens is 1. The number of halogens is 2. The maximum Gasteiger partial charge on any atom is 0.240 e. The van der Waals surface area contributed by atoms with Crippen molar-refractivity contribution in [3.8, 4) is 11.5 Å². The predicted molar refractivity (Wildman–Crippen MR) is 112 cm³/mol. The highest BCUT2D eigenvalue weighted by Gasteiger charge is 2.17.